The van der Waals surface area contributed by atoms with E-state index in [9.17, 15) is 31.9 Å². The second-order valence-corrected chi connectivity index (χ2v) is 8.93. The summed E-state index contributed by atoms with van der Waals surface area (Å²) in [6.07, 6.45) is -5.34. The highest BCUT2D eigenvalue weighted by Crippen LogP contribution is 2.31. The van der Waals surface area contributed by atoms with Gasteiger partial charge in [0, 0.05) is 26.1 Å². The molecule has 2 aromatic carbocycles. The molecule has 192 valence electrons. The normalized spacial score (nSPS) is 20.4. The summed E-state index contributed by atoms with van der Waals surface area (Å²) >= 11 is 0. The summed E-state index contributed by atoms with van der Waals surface area (Å²) in [4.78, 5) is 43.2. The highest BCUT2D eigenvalue weighted by atomic mass is 19.4. The zero-order chi connectivity index (χ0) is 26.0. The van der Waals surface area contributed by atoms with Gasteiger partial charge in [-0.2, -0.15) is 13.2 Å². The van der Waals surface area contributed by atoms with Crippen LogP contribution in [0.3, 0.4) is 0 Å². The molecule has 0 spiro atoms. The number of piperazine rings is 1. The quantitative estimate of drug-likeness (QED) is 0.629. The topological polar surface area (TPSA) is 73.0 Å². The molecular weight excluding hydrogens is 480 g/mol. The molecule has 0 saturated carbocycles. The van der Waals surface area contributed by atoms with E-state index in [1.165, 1.54) is 15.9 Å². The third-order valence-corrected chi connectivity index (χ3v) is 6.46. The Balaban J connectivity index is 1.51. The summed E-state index contributed by atoms with van der Waals surface area (Å²) in [5, 5.41) is 2.59. The maximum Gasteiger partial charge on any atom is 0.416 e. The Labute approximate surface area is 205 Å². The average Bonchev–Trinajstić information content (AvgIpc) is 2.85. The third kappa shape index (κ3) is 5.29. The van der Waals surface area contributed by atoms with Gasteiger partial charge in [0.25, 0.3) is 0 Å². The van der Waals surface area contributed by atoms with E-state index in [1.54, 1.807) is 11.8 Å². The van der Waals surface area contributed by atoms with E-state index in [4.69, 9.17) is 0 Å². The van der Waals surface area contributed by atoms with Gasteiger partial charge in [-0.25, -0.2) is 9.18 Å². The molecule has 4 amide bonds. The smallest absolute Gasteiger partial charge is 0.334 e. The molecule has 2 atom stereocenters. The fourth-order valence-corrected chi connectivity index (χ4v) is 4.71. The van der Waals surface area contributed by atoms with E-state index in [-0.39, 0.29) is 49.0 Å². The first kappa shape index (κ1) is 25.5. The van der Waals surface area contributed by atoms with Crippen molar-refractivity contribution in [2.45, 2.75) is 51.5 Å². The van der Waals surface area contributed by atoms with Crippen molar-refractivity contribution in [1.82, 2.24) is 20.0 Å². The van der Waals surface area contributed by atoms with E-state index in [0.717, 1.165) is 17.7 Å². The van der Waals surface area contributed by atoms with Gasteiger partial charge in [-0.15, -0.1) is 0 Å². The maximum atomic E-state index is 13.2. The molecule has 2 aromatic rings. The number of nitrogens with zero attached hydrogens (tertiary/aromatic N) is 3. The van der Waals surface area contributed by atoms with Crippen LogP contribution in [-0.2, 0) is 35.5 Å². The van der Waals surface area contributed by atoms with Crippen molar-refractivity contribution in [3.05, 3.63) is 70.8 Å². The number of urea groups is 1. The number of hydrogen-bond acceptors (Lipinski definition) is 3. The van der Waals surface area contributed by atoms with Crippen LogP contribution in [0.5, 0.6) is 0 Å². The minimum Gasteiger partial charge on any atom is -0.334 e. The van der Waals surface area contributed by atoms with Crippen molar-refractivity contribution in [2.75, 3.05) is 13.1 Å². The number of halogens is 4. The summed E-state index contributed by atoms with van der Waals surface area (Å²) in [5.74, 6) is -0.469. The molecule has 4 rings (SSSR count). The summed E-state index contributed by atoms with van der Waals surface area (Å²) < 4.78 is 52.6. The van der Waals surface area contributed by atoms with Crippen LogP contribution in [0, 0.1) is 0 Å². The third-order valence-electron chi connectivity index (χ3n) is 6.46. The standard InChI is InChI=1S/C25H26F4N4O3/c1-16-23(35)31(14-17-5-3-2-4-6-17)15-21-32(8-7-22(34)33(16)21)24(36)30-13-19-9-18(12-26)10-20(11-19)25(27,28)29/h2-6,9-11,16,21H,7-8,12-15H2,1H3,(H,30,36)/t16-,21+/m0/s1. The second kappa shape index (κ2) is 10.2. The molecule has 0 aromatic heterocycles. The first-order valence-corrected chi connectivity index (χ1v) is 11.5. The van der Waals surface area contributed by atoms with Gasteiger partial charge in [0.15, 0.2) is 0 Å². The van der Waals surface area contributed by atoms with Crippen LogP contribution in [0.25, 0.3) is 0 Å². The number of fused-ring (bicyclic) bond motifs is 1. The van der Waals surface area contributed by atoms with Crippen LogP contribution < -0.4 is 5.32 Å². The van der Waals surface area contributed by atoms with Crippen LogP contribution in [0.4, 0.5) is 22.4 Å². The largest absolute Gasteiger partial charge is 0.416 e. The summed E-state index contributed by atoms with van der Waals surface area (Å²) in [6, 6.07) is 10.8. The van der Waals surface area contributed by atoms with Crippen molar-refractivity contribution < 1.29 is 31.9 Å². The summed E-state index contributed by atoms with van der Waals surface area (Å²) in [7, 11) is 0. The highest BCUT2D eigenvalue weighted by Gasteiger charge is 2.47. The van der Waals surface area contributed by atoms with E-state index < -0.39 is 36.7 Å². The lowest BCUT2D eigenvalue weighted by Crippen LogP contribution is -2.71. The second-order valence-electron chi connectivity index (χ2n) is 8.93. The lowest BCUT2D eigenvalue weighted by molar-refractivity contribution is -0.166. The SMILES string of the molecule is C[C@H]1C(=O)N(Cc2ccccc2)C[C@@H]2N(C(=O)NCc3cc(CF)cc(C(F)(F)F)c3)CCC(=O)N21. The molecule has 2 heterocycles. The Morgan fingerprint density at radius 2 is 1.75 bits per heavy atom. The highest BCUT2D eigenvalue weighted by molar-refractivity contribution is 5.90. The summed E-state index contributed by atoms with van der Waals surface area (Å²) in [5.41, 5.74) is -0.126. The Hall–Kier alpha value is -3.63. The van der Waals surface area contributed by atoms with Gasteiger partial charge < -0.3 is 20.0 Å². The minimum absolute atomic E-state index is 0.0236. The first-order valence-electron chi connectivity index (χ1n) is 11.5. The minimum atomic E-state index is -4.65. The van der Waals surface area contributed by atoms with Crippen molar-refractivity contribution in [3.8, 4) is 0 Å². The van der Waals surface area contributed by atoms with Crippen LogP contribution in [0.15, 0.2) is 48.5 Å². The Bertz CT molecular complexity index is 1140. The molecular formula is C25H26F4N4O3. The number of carbonyl (C=O) groups is 3. The predicted octanol–water partition coefficient (Wildman–Crippen LogP) is 3.68. The van der Waals surface area contributed by atoms with Gasteiger partial charge in [-0.1, -0.05) is 36.4 Å². The Morgan fingerprint density at radius 1 is 1.06 bits per heavy atom. The van der Waals surface area contributed by atoms with Gasteiger partial charge in [-0.3, -0.25) is 9.59 Å². The fourth-order valence-electron chi connectivity index (χ4n) is 4.71. The first-order chi connectivity index (χ1) is 17.1. The van der Waals surface area contributed by atoms with Gasteiger partial charge in [0.05, 0.1) is 12.1 Å². The van der Waals surface area contributed by atoms with Crippen molar-refractivity contribution in [3.63, 3.8) is 0 Å². The van der Waals surface area contributed by atoms with Crippen LogP contribution in [0.1, 0.15) is 35.6 Å². The van der Waals surface area contributed by atoms with E-state index in [1.807, 2.05) is 30.3 Å². The lowest BCUT2D eigenvalue weighted by atomic mass is 10.0. The number of amides is 4. The van der Waals surface area contributed by atoms with Crippen LogP contribution >= 0.6 is 0 Å². The molecule has 1 N–H and O–H groups in total. The summed E-state index contributed by atoms with van der Waals surface area (Å²) in [6.45, 7) is 0.812. The molecule has 2 fully saturated rings. The molecule has 36 heavy (non-hydrogen) atoms. The Kier molecular flexibility index (Phi) is 7.18. The van der Waals surface area contributed by atoms with Gasteiger partial charge in [0.1, 0.15) is 18.9 Å². The molecule has 0 bridgehead atoms. The monoisotopic (exact) mass is 506 g/mol. The molecule has 0 unspecified atom stereocenters. The number of benzene rings is 2. The van der Waals surface area contributed by atoms with Crippen molar-refractivity contribution in [1.29, 1.82) is 0 Å². The van der Waals surface area contributed by atoms with Gasteiger partial charge >= 0.3 is 12.2 Å². The molecule has 2 aliphatic heterocycles. The Morgan fingerprint density at radius 3 is 2.42 bits per heavy atom. The van der Waals surface area contributed by atoms with Gasteiger partial charge in [-0.05, 0) is 35.7 Å². The molecule has 0 aliphatic carbocycles. The fraction of sp³-hybridized carbons (Fsp3) is 0.400. The van der Waals surface area contributed by atoms with E-state index in [0.29, 0.717) is 6.54 Å². The molecule has 7 nitrogen and oxygen atoms in total. The number of hydrogen-bond donors (Lipinski definition) is 1. The predicted molar refractivity (Wildman–Crippen MR) is 122 cm³/mol. The maximum absolute atomic E-state index is 13.2. The number of nitrogens with one attached hydrogen (secondary N) is 1. The zero-order valence-electron chi connectivity index (χ0n) is 19.6. The number of rotatable bonds is 5. The molecule has 2 saturated heterocycles. The van der Waals surface area contributed by atoms with E-state index >= 15 is 0 Å². The van der Waals surface area contributed by atoms with Crippen molar-refractivity contribution >= 4 is 17.8 Å². The molecule has 11 heteroatoms. The average molecular weight is 507 g/mol. The van der Waals surface area contributed by atoms with Crippen LogP contribution in [-0.4, -0.2) is 57.8 Å². The zero-order valence-corrected chi connectivity index (χ0v) is 19.6. The molecule has 2 aliphatic rings. The van der Waals surface area contributed by atoms with Crippen molar-refractivity contribution in [2.24, 2.45) is 0 Å². The van der Waals surface area contributed by atoms with E-state index in [2.05, 4.69) is 5.32 Å². The van der Waals surface area contributed by atoms with Crippen LogP contribution in [0.2, 0.25) is 0 Å². The van der Waals surface area contributed by atoms with Gasteiger partial charge in [0.2, 0.25) is 11.8 Å². The number of carbonyl (C=O) groups excluding carboxylic acids is 3. The lowest BCUT2D eigenvalue weighted by Gasteiger charge is -2.51. The molecule has 0 radical (unpaired) electrons. The number of alkyl halides is 4.